The molecule has 0 atom stereocenters. The van der Waals surface area contributed by atoms with Crippen LogP contribution in [0, 0.1) is 0 Å². The summed E-state index contributed by atoms with van der Waals surface area (Å²) in [4.78, 5) is 0. The minimum Gasteiger partial charge on any atom is -0.380 e. The number of rotatable bonds is 3. The van der Waals surface area contributed by atoms with E-state index >= 15 is 0 Å². The third kappa shape index (κ3) is 3.07. The molecule has 78 valence electrons. The predicted molar refractivity (Wildman–Crippen MR) is 64.5 cm³/mol. The molecule has 3 heteroatoms. The van der Waals surface area contributed by atoms with Crippen LogP contribution in [0.4, 0.5) is 5.69 Å². The number of benzene rings is 1. The summed E-state index contributed by atoms with van der Waals surface area (Å²) in [5, 5.41) is 4.57. The van der Waals surface area contributed by atoms with Crippen molar-refractivity contribution < 1.29 is 0 Å². The molecule has 0 radical (unpaired) electrons. The highest BCUT2D eigenvalue weighted by Gasteiger charge is 2.14. The van der Waals surface area contributed by atoms with Gasteiger partial charge in [-0.2, -0.15) is 0 Å². The molecule has 0 fully saturated rings. The van der Waals surface area contributed by atoms with Crippen LogP contribution in [0.2, 0.25) is 10.0 Å². The molecule has 0 bridgehead atoms. The van der Waals surface area contributed by atoms with Crippen LogP contribution in [-0.4, -0.2) is 5.54 Å². The van der Waals surface area contributed by atoms with Crippen molar-refractivity contribution in [1.29, 1.82) is 0 Å². The molecule has 0 spiro atoms. The Morgan fingerprint density at radius 1 is 1.21 bits per heavy atom. The van der Waals surface area contributed by atoms with E-state index in [2.05, 4.69) is 26.1 Å². The van der Waals surface area contributed by atoms with Crippen LogP contribution in [0.5, 0.6) is 0 Å². The second kappa shape index (κ2) is 4.41. The van der Waals surface area contributed by atoms with Crippen molar-refractivity contribution in [3.63, 3.8) is 0 Å². The minimum atomic E-state index is 0.0805. The molecular formula is C11H15Cl2N. The van der Waals surface area contributed by atoms with Gasteiger partial charge in [-0.1, -0.05) is 30.1 Å². The maximum Gasteiger partial charge on any atom is 0.0612 e. The number of nitrogens with one attached hydrogen (secondary N) is 1. The van der Waals surface area contributed by atoms with Crippen LogP contribution >= 0.6 is 23.2 Å². The normalized spacial score (nSPS) is 11.5. The molecule has 1 rings (SSSR count). The van der Waals surface area contributed by atoms with Crippen molar-refractivity contribution in [3.8, 4) is 0 Å². The predicted octanol–water partition coefficient (Wildman–Crippen LogP) is 4.59. The highest BCUT2D eigenvalue weighted by molar-refractivity contribution is 6.42. The monoisotopic (exact) mass is 231 g/mol. The zero-order valence-electron chi connectivity index (χ0n) is 8.70. The summed E-state index contributed by atoms with van der Waals surface area (Å²) >= 11 is 11.7. The Morgan fingerprint density at radius 2 is 1.86 bits per heavy atom. The Bertz CT molecular complexity index is 321. The molecule has 0 aliphatic rings. The van der Waals surface area contributed by atoms with E-state index in [1.807, 2.05) is 12.1 Å². The average molecular weight is 232 g/mol. The molecule has 1 aromatic rings. The minimum absolute atomic E-state index is 0.0805. The quantitative estimate of drug-likeness (QED) is 0.803. The molecule has 14 heavy (non-hydrogen) atoms. The fourth-order valence-electron chi connectivity index (χ4n) is 1.05. The van der Waals surface area contributed by atoms with Gasteiger partial charge in [0.05, 0.1) is 10.0 Å². The Balaban J connectivity index is 2.83. The number of hydrogen-bond donors (Lipinski definition) is 1. The smallest absolute Gasteiger partial charge is 0.0612 e. The van der Waals surface area contributed by atoms with Gasteiger partial charge in [0.15, 0.2) is 0 Å². The van der Waals surface area contributed by atoms with Crippen molar-refractivity contribution in [2.75, 3.05) is 5.32 Å². The molecule has 0 heterocycles. The third-order valence-electron chi connectivity index (χ3n) is 2.29. The molecule has 0 aliphatic heterocycles. The van der Waals surface area contributed by atoms with Gasteiger partial charge >= 0.3 is 0 Å². The summed E-state index contributed by atoms with van der Waals surface area (Å²) in [5.74, 6) is 0. The lowest BCUT2D eigenvalue weighted by molar-refractivity contribution is 0.547. The molecule has 0 saturated carbocycles. The summed E-state index contributed by atoms with van der Waals surface area (Å²) in [5.41, 5.74) is 1.09. The summed E-state index contributed by atoms with van der Waals surface area (Å²) in [6, 6.07) is 5.59. The fraction of sp³-hybridized carbons (Fsp3) is 0.455. The van der Waals surface area contributed by atoms with E-state index in [0.29, 0.717) is 10.0 Å². The zero-order chi connectivity index (χ0) is 10.8. The highest BCUT2D eigenvalue weighted by Crippen LogP contribution is 2.27. The van der Waals surface area contributed by atoms with Crippen molar-refractivity contribution in [2.24, 2.45) is 0 Å². The maximum atomic E-state index is 5.91. The summed E-state index contributed by atoms with van der Waals surface area (Å²) in [6.07, 6.45) is 1.05. The lowest BCUT2D eigenvalue weighted by Crippen LogP contribution is -2.29. The van der Waals surface area contributed by atoms with E-state index in [0.717, 1.165) is 12.1 Å². The van der Waals surface area contributed by atoms with Crippen molar-refractivity contribution >= 4 is 28.9 Å². The molecule has 0 amide bonds. The first-order chi connectivity index (χ1) is 6.44. The van der Waals surface area contributed by atoms with Gasteiger partial charge in [-0.15, -0.1) is 0 Å². The van der Waals surface area contributed by atoms with Crippen molar-refractivity contribution in [2.45, 2.75) is 32.7 Å². The van der Waals surface area contributed by atoms with Gasteiger partial charge in [0.2, 0.25) is 0 Å². The van der Waals surface area contributed by atoms with Crippen LogP contribution in [0.25, 0.3) is 0 Å². The van der Waals surface area contributed by atoms with Crippen LogP contribution in [0.1, 0.15) is 27.2 Å². The van der Waals surface area contributed by atoms with E-state index < -0.39 is 0 Å². The van der Waals surface area contributed by atoms with Gasteiger partial charge in [-0.25, -0.2) is 0 Å². The fourth-order valence-corrected chi connectivity index (χ4v) is 1.35. The zero-order valence-corrected chi connectivity index (χ0v) is 10.2. The maximum absolute atomic E-state index is 5.91. The molecule has 1 nitrogen and oxygen atoms in total. The van der Waals surface area contributed by atoms with Crippen LogP contribution in [-0.2, 0) is 0 Å². The molecule has 0 unspecified atom stereocenters. The van der Waals surface area contributed by atoms with E-state index in [4.69, 9.17) is 23.2 Å². The second-order valence-electron chi connectivity index (χ2n) is 3.99. The van der Waals surface area contributed by atoms with Gasteiger partial charge in [0.1, 0.15) is 0 Å². The second-order valence-corrected chi connectivity index (χ2v) is 4.81. The molecule has 1 N–H and O–H groups in total. The van der Waals surface area contributed by atoms with E-state index in [1.54, 1.807) is 6.07 Å². The molecule has 0 saturated heterocycles. The molecular weight excluding hydrogens is 217 g/mol. The first kappa shape index (κ1) is 11.7. The van der Waals surface area contributed by atoms with Crippen molar-refractivity contribution in [1.82, 2.24) is 0 Å². The number of halogens is 2. The van der Waals surface area contributed by atoms with Crippen LogP contribution in [0.3, 0.4) is 0 Å². The standard InChI is InChI=1S/C11H15Cl2N/c1-4-11(2,3)14-8-5-6-9(12)10(13)7-8/h5-7,14H,4H2,1-3H3. The first-order valence-electron chi connectivity index (χ1n) is 4.68. The average Bonchev–Trinajstić information content (AvgIpc) is 2.11. The Hall–Kier alpha value is -0.400. The summed E-state index contributed by atoms with van der Waals surface area (Å²) in [7, 11) is 0. The summed E-state index contributed by atoms with van der Waals surface area (Å²) < 4.78 is 0. The van der Waals surface area contributed by atoms with Gasteiger partial charge in [0, 0.05) is 11.2 Å². The Labute approximate surface area is 95.4 Å². The number of hydrogen-bond acceptors (Lipinski definition) is 1. The summed E-state index contributed by atoms with van der Waals surface area (Å²) in [6.45, 7) is 6.44. The third-order valence-corrected chi connectivity index (χ3v) is 3.03. The Morgan fingerprint density at radius 3 is 2.36 bits per heavy atom. The largest absolute Gasteiger partial charge is 0.380 e. The van der Waals surface area contributed by atoms with Gasteiger partial charge < -0.3 is 5.32 Å². The topological polar surface area (TPSA) is 12.0 Å². The van der Waals surface area contributed by atoms with E-state index in [9.17, 15) is 0 Å². The van der Waals surface area contributed by atoms with Crippen LogP contribution in [0.15, 0.2) is 18.2 Å². The lowest BCUT2D eigenvalue weighted by atomic mass is 10.0. The van der Waals surface area contributed by atoms with E-state index in [1.165, 1.54) is 0 Å². The van der Waals surface area contributed by atoms with Gasteiger partial charge in [-0.3, -0.25) is 0 Å². The first-order valence-corrected chi connectivity index (χ1v) is 5.43. The van der Waals surface area contributed by atoms with E-state index in [-0.39, 0.29) is 5.54 Å². The highest BCUT2D eigenvalue weighted by atomic mass is 35.5. The lowest BCUT2D eigenvalue weighted by Gasteiger charge is -2.26. The van der Waals surface area contributed by atoms with Crippen LogP contribution < -0.4 is 5.32 Å². The van der Waals surface area contributed by atoms with Crippen molar-refractivity contribution in [3.05, 3.63) is 28.2 Å². The van der Waals surface area contributed by atoms with Gasteiger partial charge in [0.25, 0.3) is 0 Å². The SMILES string of the molecule is CCC(C)(C)Nc1ccc(Cl)c(Cl)c1. The molecule has 0 aromatic heterocycles. The molecule has 0 aliphatic carbocycles. The van der Waals surface area contributed by atoms with Gasteiger partial charge in [-0.05, 0) is 38.5 Å². The Kier molecular flexibility index (Phi) is 3.68. The number of anilines is 1. The molecule has 1 aromatic carbocycles.